The van der Waals surface area contributed by atoms with Crippen molar-refractivity contribution >= 4 is 5.57 Å². The molecule has 1 heterocycles. The van der Waals surface area contributed by atoms with Crippen LogP contribution in [0.25, 0.3) is 5.57 Å². The van der Waals surface area contributed by atoms with Gasteiger partial charge in [-0.1, -0.05) is 18.2 Å². The highest BCUT2D eigenvalue weighted by Gasteiger charge is 2.40. The molecule has 0 spiro atoms. The molecule has 2 aliphatic rings. The molecule has 1 heteroatoms. The number of hydrogen-bond donors (Lipinski definition) is 0. The first kappa shape index (κ1) is 7.19. The van der Waals surface area contributed by atoms with Gasteiger partial charge >= 0.3 is 0 Å². The van der Waals surface area contributed by atoms with Crippen LogP contribution in [0.3, 0.4) is 0 Å². The molecule has 0 saturated heterocycles. The predicted octanol–water partition coefficient (Wildman–Crippen LogP) is 3.18. The minimum Gasteiger partial charge on any atom is -0.462 e. The highest BCUT2D eigenvalue weighted by molar-refractivity contribution is 5.70. The molecule has 0 aliphatic heterocycles. The fourth-order valence-electron chi connectivity index (χ4n) is 2.07. The fourth-order valence-corrected chi connectivity index (χ4v) is 2.07. The van der Waals surface area contributed by atoms with Gasteiger partial charge in [0.05, 0.1) is 0 Å². The van der Waals surface area contributed by atoms with Crippen LogP contribution in [-0.4, -0.2) is 0 Å². The molecule has 0 bridgehead atoms. The second kappa shape index (κ2) is 2.38. The van der Waals surface area contributed by atoms with E-state index in [0.717, 1.165) is 23.4 Å². The number of furan rings is 1. The first-order valence-corrected chi connectivity index (χ1v) is 4.80. The van der Waals surface area contributed by atoms with Crippen LogP contribution in [0.5, 0.6) is 0 Å². The van der Waals surface area contributed by atoms with Gasteiger partial charge in [-0.25, -0.2) is 0 Å². The van der Waals surface area contributed by atoms with Crippen molar-refractivity contribution in [3.8, 4) is 0 Å². The zero-order valence-corrected chi connectivity index (χ0v) is 7.66. The summed E-state index contributed by atoms with van der Waals surface area (Å²) < 4.78 is 5.62. The normalized spacial score (nSPS) is 29.8. The SMILES string of the molecule is Cc1ccc(C2=CC=CC3CC23)o1. The van der Waals surface area contributed by atoms with Crippen LogP contribution in [0.2, 0.25) is 0 Å². The molecule has 1 aromatic rings. The summed E-state index contributed by atoms with van der Waals surface area (Å²) in [7, 11) is 0. The van der Waals surface area contributed by atoms with Crippen LogP contribution in [0, 0.1) is 18.8 Å². The zero-order chi connectivity index (χ0) is 8.84. The van der Waals surface area contributed by atoms with Crippen molar-refractivity contribution in [2.75, 3.05) is 0 Å². The quantitative estimate of drug-likeness (QED) is 0.634. The van der Waals surface area contributed by atoms with Crippen LogP contribution in [-0.2, 0) is 0 Å². The molecule has 1 saturated carbocycles. The second-order valence-electron chi connectivity index (χ2n) is 3.92. The lowest BCUT2D eigenvalue weighted by atomic mass is 10.0. The summed E-state index contributed by atoms with van der Waals surface area (Å²) in [6, 6.07) is 4.11. The van der Waals surface area contributed by atoms with Crippen LogP contribution in [0.1, 0.15) is 17.9 Å². The molecule has 1 nitrogen and oxygen atoms in total. The molecule has 2 aliphatic carbocycles. The lowest BCUT2D eigenvalue weighted by molar-refractivity contribution is 0.517. The van der Waals surface area contributed by atoms with Gasteiger partial charge in [0, 0.05) is 0 Å². The van der Waals surface area contributed by atoms with Crippen molar-refractivity contribution in [1.82, 2.24) is 0 Å². The maximum absolute atomic E-state index is 5.62. The monoisotopic (exact) mass is 172 g/mol. The Morgan fingerprint density at radius 1 is 1.38 bits per heavy atom. The minimum absolute atomic E-state index is 0.746. The predicted molar refractivity (Wildman–Crippen MR) is 52.2 cm³/mol. The van der Waals surface area contributed by atoms with Gasteiger partial charge in [0.25, 0.3) is 0 Å². The highest BCUT2D eigenvalue weighted by atomic mass is 16.3. The molecule has 0 aromatic carbocycles. The smallest absolute Gasteiger partial charge is 0.130 e. The Hall–Kier alpha value is -1.24. The number of fused-ring (bicyclic) bond motifs is 1. The Morgan fingerprint density at radius 2 is 2.31 bits per heavy atom. The summed E-state index contributed by atoms with van der Waals surface area (Å²) in [5, 5.41) is 0. The van der Waals surface area contributed by atoms with E-state index in [-0.39, 0.29) is 0 Å². The van der Waals surface area contributed by atoms with Gasteiger partial charge in [-0.2, -0.15) is 0 Å². The standard InChI is InChI=1S/C12H12O/c1-8-5-6-12(13-8)10-4-2-3-9-7-11(9)10/h2-6,9,11H,7H2,1H3. The third-order valence-corrected chi connectivity index (χ3v) is 2.90. The van der Waals surface area contributed by atoms with E-state index in [1.54, 1.807) is 0 Å². The lowest BCUT2D eigenvalue weighted by Gasteiger charge is -2.04. The average Bonchev–Trinajstić information content (AvgIpc) is 2.81. The van der Waals surface area contributed by atoms with Gasteiger partial charge in [0.2, 0.25) is 0 Å². The molecule has 13 heavy (non-hydrogen) atoms. The van der Waals surface area contributed by atoms with E-state index in [1.807, 2.05) is 13.0 Å². The molecule has 66 valence electrons. The maximum Gasteiger partial charge on any atom is 0.130 e. The highest BCUT2D eigenvalue weighted by Crippen LogP contribution is 2.51. The summed E-state index contributed by atoms with van der Waals surface area (Å²) in [6.07, 6.45) is 7.94. The Bertz CT molecular complexity index is 395. The van der Waals surface area contributed by atoms with E-state index < -0.39 is 0 Å². The van der Waals surface area contributed by atoms with Gasteiger partial charge in [-0.3, -0.25) is 0 Å². The zero-order valence-electron chi connectivity index (χ0n) is 7.66. The number of aryl methyl sites for hydroxylation is 1. The van der Waals surface area contributed by atoms with Crippen molar-refractivity contribution < 1.29 is 4.42 Å². The Kier molecular flexibility index (Phi) is 1.32. The molecule has 0 radical (unpaired) electrons. The number of hydrogen-bond acceptors (Lipinski definition) is 1. The molecule has 0 amide bonds. The average molecular weight is 172 g/mol. The van der Waals surface area contributed by atoms with E-state index in [1.165, 1.54) is 12.0 Å². The fraction of sp³-hybridized carbons (Fsp3) is 0.333. The second-order valence-corrected chi connectivity index (χ2v) is 3.92. The van der Waals surface area contributed by atoms with E-state index in [2.05, 4.69) is 24.3 Å². The Balaban J connectivity index is 2.01. The van der Waals surface area contributed by atoms with Crippen LogP contribution < -0.4 is 0 Å². The molecular weight excluding hydrogens is 160 g/mol. The largest absolute Gasteiger partial charge is 0.462 e. The van der Waals surface area contributed by atoms with E-state index in [9.17, 15) is 0 Å². The summed E-state index contributed by atoms with van der Waals surface area (Å²) >= 11 is 0. The topological polar surface area (TPSA) is 13.1 Å². The summed E-state index contributed by atoms with van der Waals surface area (Å²) in [5.41, 5.74) is 1.39. The van der Waals surface area contributed by atoms with Crippen molar-refractivity contribution in [3.63, 3.8) is 0 Å². The van der Waals surface area contributed by atoms with Gasteiger partial charge in [-0.05, 0) is 42.9 Å². The number of rotatable bonds is 1. The van der Waals surface area contributed by atoms with Gasteiger partial charge < -0.3 is 4.42 Å². The van der Waals surface area contributed by atoms with Gasteiger partial charge in [-0.15, -0.1) is 0 Å². The van der Waals surface area contributed by atoms with E-state index in [4.69, 9.17) is 4.42 Å². The molecule has 2 atom stereocenters. The first-order chi connectivity index (χ1) is 6.34. The Labute approximate surface area is 77.8 Å². The van der Waals surface area contributed by atoms with Crippen LogP contribution >= 0.6 is 0 Å². The summed E-state index contributed by atoms with van der Waals surface area (Å²) in [6.45, 7) is 1.99. The van der Waals surface area contributed by atoms with Crippen molar-refractivity contribution in [2.24, 2.45) is 11.8 Å². The van der Waals surface area contributed by atoms with Crippen molar-refractivity contribution in [1.29, 1.82) is 0 Å². The third-order valence-electron chi connectivity index (χ3n) is 2.90. The van der Waals surface area contributed by atoms with Gasteiger partial charge in [0.15, 0.2) is 0 Å². The van der Waals surface area contributed by atoms with Crippen molar-refractivity contribution in [2.45, 2.75) is 13.3 Å². The summed E-state index contributed by atoms with van der Waals surface area (Å²) in [5.74, 6) is 3.61. The molecular formula is C12H12O. The number of allylic oxidation sites excluding steroid dienone is 4. The molecule has 1 aromatic heterocycles. The summed E-state index contributed by atoms with van der Waals surface area (Å²) in [4.78, 5) is 0. The molecule has 1 fully saturated rings. The minimum atomic E-state index is 0.746. The Morgan fingerprint density at radius 3 is 3.08 bits per heavy atom. The third kappa shape index (κ3) is 1.07. The van der Waals surface area contributed by atoms with E-state index in [0.29, 0.717) is 0 Å². The molecule has 3 rings (SSSR count). The lowest BCUT2D eigenvalue weighted by Crippen LogP contribution is -1.89. The first-order valence-electron chi connectivity index (χ1n) is 4.80. The van der Waals surface area contributed by atoms with Gasteiger partial charge in [0.1, 0.15) is 11.5 Å². The van der Waals surface area contributed by atoms with E-state index >= 15 is 0 Å². The van der Waals surface area contributed by atoms with Crippen LogP contribution in [0.4, 0.5) is 0 Å². The van der Waals surface area contributed by atoms with Crippen molar-refractivity contribution in [3.05, 3.63) is 41.9 Å². The molecule has 0 N–H and O–H groups in total. The molecule has 2 unspecified atom stereocenters. The maximum atomic E-state index is 5.62. The van der Waals surface area contributed by atoms with Crippen LogP contribution in [0.15, 0.2) is 34.8 Å².